The summed E-state index contributed by atoms with van der Waals surface area (Å²) in [5.74, 6) is -0.0596. The molecule has 17 heavy (non-hydrogen) atoms. The topological polar surface area (TPSA) is 84.6 Å². The van der Waals surface area contributed by atoms with Gasteiger partial charge in [0.1, 0.15) is 5.75 Å². The lowest BCUT2D eigenvalue weighted by Crippen LogP contribution is -2.31. The Balaban J connectivity index is 2.52. The number of aryl methyl sites for hydroxylation is 1. The van der Waals surface area contributed by atoms with Gasteiger partial charge in [-0.1, -0.05) is 0 Å². The van der Waals surface area contributed by atoms with E-state index in [1.807, 2.05) is 25.1 Å². The van der Waals surface area contributed by atoms with E-state index >= 15 is 0 Å². The van der Waals surface area contributed by atoms with Gasteiger partial charge in [0.15, 0.2) is 0 Å². The molecule has 0 saturated heterocycles. The smallest absolute Gasteiger partial charge is 0.304 e. The zero-order valence-electron chi connectivity index (χ0n) is 10.1. The molecule has 0 saturated carbocycles. The van der Waals surface area contributed by atoms with Gasteiger partial charge in [-0.3, -0.25) is 4.79 Å². The van der Waals surface area contributed by atoms with Crippen molar-refractivity contribution in [3.63, 3.8) is 0 Å². The number of hydrogen-bond acceptors (Lipinski definition) is 4. The Morgan fingerprint density at radius 1 is 1.59 bits per heavy atom. The lowest BCUT2D eigenvalue weighted by atomic mass is 10.2. The Labute approximate surface area is 101 Å². The number of anilines is 1. The van der Waals surface area contributed by atoms with Crippen molar-refractivity contribution in [3.8, 4) is 5.75 Å². The van der Waals surface area contributed by atoms with E-state index in [0.717, 1.165) is 17.0 Å². The number of carboxylic acid groups (broad SMARTS) is 1. The Hall–Kier alpha value is -1.75. The van der Waals surface area contributed by atoms with Gasteiger partial charge in [0.25, 0.3) is 0 Å². The van der Waals surface area contributed by atoms with Crippen molar-refractivity contribution in [1.82, 2.24) is 0 Å². The van der Waals surface area contributed by atoms with E-state index < -0.39 is 12.0 Å². The van der Waals surface area contributed by atoms with Crippen molar-refractivity contribution >= 4 is 11.7 Å². The largest absolute Gasteiger partial charge is 0.496 e. The molecule has 0 radical (unpaired) electrons. The molecule has 94 valence electrons. The van der Waals surface area contributed by atoms with Crippen molar-refractivity contribution in [2.45, 2.75) is 19.4 Å². The molecule has 0 spiro atoms. The van der Waals surface area contributed by atoms with Crippen molar-refractivity contribution in [1.29, 1.82) is 0 Å². The monoisotopic (exact) mass is 238 g/mol. The number of hydrogen-bond donors (Lipinski definition) is 3. The highest BCUT2D eigenvalue weighted by Crippen LogP contribution is 2.21. The standard InChI is InChI=1S/C12H18N2O3/c1-8-5-10(3-4-11(8)17-2)14-7-9(13)6-12(15)16/h3-5,9,14H,6-7,13H2,1-2H3,(H,15,16). The van der Waals surface area contributed by atoms with E-state index in [2.05, 4.69) is 5.32 Å². The first-order chi connectivity index (χ1) is 8.02. The molecule has 1 rings (SSSR count). The van der Waals surface area contributed by atoms with Gasteiger partial charge in [0.05, 0.1) is 13.5 Å². The number of carboxylic acids is 1. The van der Waals surface area contributed by atoms with Crippen LogP contribution in [-0.4, -0.2) is 30.8 Å². The van der Waals surface area contributed by atoms with E-state index in [0.29, 0.717) is 6.54 Å². The number of aliphatic carboxylic acids is 1. The van der Waals surface area contributed by atoms with Crippen LogP contribution in [0.15, 0.2) is 18.2 Å². The number of carbonyl (C=O) groups is 1. The van der Waals surface area contributed by atoms with Crippen LogP contribution in [0.1, 0.15) is 12.0 Å². The number of nitrogens with two attached hydrogens (primary N) is 1. The molecule has 1 aromatic carbocycles. The molecule has 4 N–H and O–H groups in total. The Morgan fingerprint density at radius 3 is 2.82 bits per heavy atom. The third-order valence-corrected chi connectivity index (χ3v) is 2.40. The lowest BCUT2D eigenvalue weighted by Gasteiger charge is -2.13. The van der Waals surface area contributed by atoms with Crippen LogP contribution in [0.3, 0.4) is 0 Å². The van der Waals surface area contributed by atoms with Crippen molar-refractivity contribution in [3.05, 3.63) is 23.8 Å². The van der Waals surface area contributed by atoms with Gasteiger partial charge < -0.3 is 20.9 Å². The molecule has 5 heteroatoms. The summed E-state index contributed by atoms with van der Waals surface area (Å²) < 4.78 is 5.15. The number of methoxy groups -OCH3 is 1. The zero-order chi connectivity index (χ0) is 12.8. The van der Waals surface area contributed by atoms with Gasteiger partial charge in [-0.2, -0.15) is 0 Å². The second-order valence-corrected chi connectivity index (χ2v) is 3.92. The number of benzene rings is 1. The lowest BCUT2D eigenvalue weighted by molar-refractivity contribution is -0.137. The summed E-state index contributed by atoms with van der Waals surface area (Å²) in [6, 6.07) is 5.28. The Morgan fingerprint density at radius 2 is 2.29 bits per heavy atom. The Kier molecular flexibility index (Phi) is 4.78. The third kappa shape index (κ3) is 4.32. The summed E-state index contributed by atoms with van der Waals surface area (Å²) in [4.78, 5) is 10.4. The Bertz CT molecular complexity index is 393. The van der Waals surface area contributed by atoms with Crippen LogP contribution in [0.2, 0.25) is 0 Å². The molecule has 1 aromatic rings. The van der Waals surface area contributed by atoms with E-state index in [4.69, 9.17) is 15.6 Å². The van der Waals surface area contributed by atoms with Gasteiger partial charge in [-0.15, -0.1) is 0 Å². The maximum Gasteiger partial charge on any atom is 0.304 e. The average molecular weight is 238 g/mol. The highest BCUT2D eigenvalue weighted by molar-refractivity contribution is 5.67. The number of nitrogens with one attached hydrogen (secondary N) is 1. The first kappa shape index (κ1) is 13.3. The molecule has 0 aliphatic rings. The predicted octanol–water partition coefficient (Wildman–Crippen LogP) is 1.22. The second kappa shape index (κ2) is 6.10. The van der Waals surface area contributed by atoms with E-state index in [1.54, 1.807) is 7.11 Å². The molecule has 0 aliphatic carbocycles. The van der Waals surface area contributed by atoms with Crippen LogP contribution >= 0.6 is 0 Å². The van der Waals surface area contributed by atoms with Crippen LogP contribution in [0.25, 0.3) is 0 Å². The molecule has 0 bridgehead atoms. The summed E-state index contributed by atoms with van der Waals surface area (Å²) in [6.45, 7) is 2.37. The number of ether oxygens (including phenoxy) is 1. The highest BCUT2D eigenvalue weighted by Gasteiger charge is 2.07. The number of rotatable bonds is 6. The van der Waals surface area contributed by atoms with Gasteiger partial charge >= 0.3 is 5.97 Å². The van der Waals surface area contributed by atoms with Crippen LogP contribution < -0.4 is 15.8 Å². The average Bonchev–Trinajstić information content (AvgIpc) is 2.25. The van der Waals surface area contributed by atoms with Gasteiger partial charge in [-0.05, 0) is 30.7 Å². The summed E-state index contributed by atoms with van der Waals surface area (Å²) in [5.41, 5.74) is 7.57. The quantitative estimate of drug-likeness (QED) is 0.694. The van der Waals surface area contributed by atoms with E-state index in [1.165, 1.54) is 0 Å². The summed E-state index contributed by atoms with van der Waals surface area (Å²) in [6.07, 6.45) is -0.0395. The molecule has 5 nitrogen and oxygen atoms in total. The van der Waals surface area contributed by atoms with Crippen LogP contribution in [0.5, 0.6) is 5.75 Å². The maximum atomic E-state index is 10.4. The molecule has 0 heterocycles. The van der Waals surface area contributed by atoms with E-state index in [9.17, 15) is 4.79 Å². The normalized spacial score (nSPS) is 11.9. The third-order valence-electron chi connectivity index (χ3n) is 2.40. The molecular weight excluding hydrogens is 220 g/mol. The summed E-state index contributed by atoms with van der Waals surface area (Å²) >= 11 is 0. The fraction of sp³-hybridized carbons (Fsp3) is 0.417. The minimum Gasteiger partial charge on any atom is -0.496 e. The minimum absolute atomic E-state index is 0.0395. The fourth-order valence-electron chi connectivity index (χ4n) is 1.53. The van der Waals surface area contributed by atoms with Gasteiger partial charge in [0.2, 0.25) is 0 Å². The first-order valence-electron chi connectivity index (χ1n) is 5.39. The first-order valence-corrected chi connectivity index (χ1v) is 5.39. The fourth-order valence-corrected chi connectivity index (χ4v) is 1.53. The van der Waals surface area contributed by atoms with Crippen molar-refractivity contribution in [2.75, 3.05) is 19.0 Å². The van der Waals surface area contributed by atoms with Crippen molar-refractivity contribution in [2.24, 2.45) is 5.73 Å². The molecule has 0 aliphatic heterocycles. The zero-order valence-corrected chi connectivity index (χ0v) is 10.1. The maximum absolute atomic E-state index is 10.4. The van der Waals surface area contributed by atoms with Crippen LogP contribution in [0, 0.1) is 6.92 Å². The van der Waals surface area contributed by atoms with Crippen LogP contribution in [0.4, 0.5) is 5.69 Å². The minimum atomic E-state index is -0.884. The van der Waals surface area contributed by atoms with Gasteiger partial charge in [0, 0.05) is 18.3 Å². The molecule has 0 amide bonds. The highest BCUT2D eigenvalue weighted by atomic mass is 16.5. The molecular formula is C12H18N2O3. The molecule has 0 aromatic heterocycles. The van der Waals surface area contributed by atoms with Crippen LogP contribution in [-0.2, 0) is 4.79 Å². The molecule has 0 fully saturated rings. The summed E-state index contributed by atoms with van der Waals surface area (Å²) in [5, 5.41) is 11.7. The molecule has 1 atom stereocenters. The SMILES string of the molecule is COc1ccc(NCC(N)CC(=O)O)cc1C. The second-order valence-electron chi connectivity index (χ2n) is 3.92. The van der Waals surface area contributed by atoms with Crippen molar-refractivity contribution < 1.29 is 14.6 Å². The summed E-state index contributed by atoms with van der Waals surface area (Å²) in [7, 11) is 1.62. The molecule has 1 unspecified atom stereocenters. The van der Waals surface area contributed by atoms with E-state index in [-0.39, 0.29) is 6.42 Å². The predicted molar refractivity (Wildman–Crippen MR) is 66.4 cm³/mol. The van der Waals surface area contributed by atoms with Gasteiger partial charge in [-0.25, -0.2) is 0 Å².